The molecule has 1 aromatic rings. The maximum absolute atomic E-state index is 10.9. The molecule has 0 bridgehead atoms. The van der Waals surface area contributed by atoms with E-state index < -0.39 is 40.0 Å². The minimum absolute atomic E-state index is 0.0128. The Kier molecular flexibility index (Phi) is 4.35. The van der Waals surface area contributed by atoms with Crippen LogP contribution in [0.25, 0.3) is 0 Å². The fourth-order valence-corrected chi connectivity index (χ4v) is 1.34. The van der Waals surface area contributed by atoms with Crippen LogP contribution in [0.3, 0.4) is 0 Å². The van der Waals surface area contributed by atoms with Gasteiger partial charge in [0.2, 0.25) is 0 Å². The quantitative estimate of drug-likeness (QED) is 0.510. The number of non-ortho nitro benzene ring substituents is 1. The van der Waals surface area contributed by atoms with Gasteiger partial charge in [-0.1, -0.05) is 0 Å². The number of nitro groups is 2. The van der Waals surface area contributed by atoms with Gasteiger partial charge in [-0.25, -0.2) is 0 Å². The Morgan fingerprint density at radius 3 is 2.21 bits per heavy atom. The lowest BCUT2D eigenvalue weighted by Gasteiger charge is -2.27. The zero-order valence-electron chi connectivity index (χ0n) is 10.1. The molecule has 0 atom stereocenters. The normalized spacial score (nSPS) is 11.1. The molecule has 9 heteroatoms. The summed E-state index contributed by atoms with van der Waals surface area (Å²) in [6.45, 7) is 0.535. The second-order valence-corrected chi connectivity index (χ2v) is 4.22. The van der Waals surface area contributed by atoms with Crippen molar-refractivity contribution in [2.75, 3.05) is 18.5 Å². The molecule has 0 aliphatic carbocycles. The van der Waals surface area contributed by atoms with Gasteiger partial charge in [0.15, 0.2) is 0 Å². The molecule has 0 aliphatic heterocycles. The first-order chi connectivity index (χ1) is 8.83. The maximum Gasteiger partial charge on any atom is 0.299 e. The number of nitrogens with zero attached hydrogens (tertiary/aromatic N) is 2. The molecule has 0 heterocycles. The Labute approximate surface area is 107 Å². The van der Waals surface area contributed by atoms with Gasteiger partial charge < -0.3 is 15.5 Å². The molecule has 3 N–H and O–H groups in total. The molecular formula is C10H13N3O6. The largest absolute Gasteiger partial charge is 0.394 e. The third kappa shape index (κ3) is 3.36. The summed E-state index contributed by atoms with van der Waals surface area (Å²) in [7, 11) is 0. The van der Waals surface area contributed by atoms with Crippen molar-refractivity contribution in [2.45, 2.75) is 12.5 Å². The van der Waals surface area contributed by atoms with E-state index in [9.17, 15) is 20.2 Å². The maximum atomic E-state index is 10.9. The van der Waals surface area contributed by atoms with Gasteiger partial charge in [-0.2, -0.15) is 0 Å². The second kappa shape index (κ2) is 5.59. The molecule has 0 aromatic heterocycles. The molecular weight excluding hydrogens is 258 g/mol. The molecule has 19 heavy (non-hydrogen) atoms. The molecule has 9 nitrogen and oxygen atoms in total. The summed E-state index contributed by atoms with van der Waals surface area (Å²) in [5.41, 5.74) is -2.09. The predicted molar refractivity (Wildman–Crippen MR) is 66.0 cm³/mol. The molecule has 1 aromatic carbocycles. The molecule has 104 valence electrons. The van der Waals surface area contributed by atoms with Crippen LogP contribution in [-0.4, -0.2) is 38.8 Å². The first-order valence-corrected chi connectivity index (χ1v) is 5.26. The number of nitrogens with one attached hydrogen (secondary N) is 1. The lowest BCUT2D eigenvalue weighted by atomic mass is 10.0. The topological polar surface area (TPSA) is 139 Å². The van der Waals surface area contributed by atoms with E-state index in [2.05, 4.69) is 5.32 Å². The number of aliphatic hydroxyl groups excluding tert-OH is 2. The van der Waals surface area contributed by atoms with E-state index in [0.29, 0.717) is 0 Å². The van der Waals surface area contributed by atoms with Gasteiger partial charge in [-0.15, -0.1) is 0 Å². The third-order valence-corrected chi connectivity index (χ3v) is 2.52. The zero-order valence-corrected chi connectivity index (χ0v) is 10.1. The van der Waals surface area contributed by atoms with Crippen molar-refractivity contribution in [3.05, 3.63) is 38.4 Å². The summed E-state index contributed by atoms with van der Waals surface area (Å²) in [6.07, 6.45) is 0. The standard InChI is InChI=1S/C10H13N3O6/c1-10(5-14,6-15)11-8-3-2-7(12(16)17)4-9(8)13(18)19/h2-4,11,14-15H,5-6H2,1H3. The van der Waals surface area contributed by atoms with Gasteiger partial charge in [0.1, 0.15) is 5.69 Å². The van der Waals surface area contributed by atoms with Crippen molar-refractivity contribution >= 4 is 17.1 Å². The van der Waals surface area contributed by atoms with E-state index in [1.54, 1.807) is 0 Å². The average molecular weight is 271 g/mol. The van der Waals surface area contributed by atoms with Crippen molar-refractivity contribution in [3.8, 4) is 0 Å². The van der Waals surface area contributed by atoms with E-state index in [4.69, 9.17) is 10.2 Å². The van der Waals surface area contributed by atoms with Crippen molar-refractivity contribution in [2.24, 2.45) is 0 Å². The molecule has 0 saturated heterocycles. The predicted octanol–water partition coefficient (Wildman–Crippen LogP) is 0.658. The number of anilines is 1. The van der Waals surface area contributed by atoms with Crippen molar-refractivity contribution in [1.29, 1.82) is 0 Å². The van der Waals surface area contributed by atoms with Crippen molar-refractivity contribution in [1.82, 2.24) is 0 Å². The van der Waals surface area contributed by atoms with E-state index in [-0.39, 0.29) is 5.69 Å². The molecule has 0 spiro atoms. The minimum atomic E-state index is -1.17. The first-order valence-electron chi connectivity index (χ1n) is 5.26. The molecule has 0 unspecified atom stereocenters. The zero-order chi connectivity index (χ0) is 14.6. The van der Waals surface area contributed by atoms with Crippen LogP contribution in [0.5, 0.6) is 0 Å². The van der Waals surface area contributed by atoms with Gasteiger partial charge in [-0.05, 0) is 13.0 Å². The van der Waals surface area contributed by atoms with Crippen LogP contribution < -0.4 is 5.32 Å². The lowest BCUT2D eigenvalue weighted by Crippen LogP contribution is -2.42. The van der Waals surface area contributed by atoms with Crippen LogP contribution in [0, 0.1) is 20.2 Å². The molecule has 0 aliphatic rings. The number of nitro benzene ring substituents is 2. The van der Waals surface area contributed by atoms with Crippen LogP contribution in [0.4, 0.5) is 17.1 Å². The summed E-state index contributed by atoms with van der Waals surface area (Å²) in [6, 6.07) is 3.09. The van der Waals surface area contributed by atoms with Crippen molar-refractivity contribution in [3.63, 3.8) is 0 Å². The number of benzene rings is 1. The Balaban J connectivity index is 3.21. The summed E-state index contributed by atoms with van der Waals surface area (Å²) in [5, 5.41) is 42.3. The Morgan fingerprint density at radius 2 is 1.79 bits per heavy atom. The second-order valence-electron chi connectivity index (χ2n) is 4.22. The Hall–Kier alpha value is -2.26. The number of rotatable bonds is 6. The van der Waals surface area contributed by atoms with E-state index >= 15 is 0 Å². The van der Waals surface area contributed by atoms with Gasteiger partial charge in [-0.3, -0.25) is 20.2 Å². The van der Waals surface area contributed by atoms with Gasteiger partial charge in [0, 0.05) is 6.07 Å². The van der Waals surface area contributed by atoms with Crippen LogP contribution in [0.1, 0.15) is 6.92 Å². The molecule has 0 saturated carbocycles. The fourth-order valence-electron chi connectivity index (χ4n) is 1.34. The first kappa shape index (κ1) is 14.8. The van der Waals surface area contributed by atoms with E-state index in [0.717, 1.165) is 12.1 Å². The smallest absolute Gasteiger partial charge is 0.299 e. The monoisotopic (exact) mass is 271 g/mol. The van der Waals surface area contributed by atoms with Gasteiger partial charge in [0.25, 0.3) is 11.4 Å². The van der Waals surface area contributed by atoms with Crippen LogP contribution >= 0.6 is 0 Å². The SMILES string of the molecule is CC(CO)(CO)Nc1ccc([N+](=O)[O-])cc1[N+](=O)[O-]. The average Bonchev–Trinajstić information content (AvgIpc) is 2.38. The Morgan fingerprint density at radius 1 is 1.21 bits per heavy atom. The van der Waals surface area contributed by atoms with Crippen LogP contribution in [-0.2, 0) is 0 Å². The van der Waals surface area contributed by atoms with Crippen molar-refractivity contribution < 1.29 is 20.1 Å². The molecule has 1 rings (SSSR count). The number of aliphatic hydroxyl groups is 2. The highest BCUT2D eigenvalue weighted by molar-refractivity contribution is 5.66. The third-order valence-electron chi connectivity index (χ3n) is 2.52. The summed E-state index contributed by atoms with van der Waals surface area (Å²) < 4.78 is 0. The molecule has 0 fully saturated rings. The fraction of sp³-hybridized carbons (Fsp3) is 0.400. The summed E-state index contributed by atoms with van der Waals surface area (Å²) in [5.74, 6) is 0. The Bertz CT molecular complexity index is 500. The molecule has 0 amide bonds. The molecule has 0 radical (unpaired) electrons. The summed E-state index contributed by atoms with van der Waals surface area (Å²) >= 11 is 0. The van der Waals surface area contributed by atoms with E-state index in [1.165, 1.54) is 13.0 Å². The number of hydrogen-bond donors (Lipinski definition) is 3. The highest BCUT2D eigenvalue weighted by Crippen LogP contribution is 2.30. The summed E-state index contributed by atoms with van der Waals surface area (Å²) in [4.78, 5) is 19.9. The van der Waals surface area contributed by atoms with E-state index in [1.807, 2.05) is 0 Å². The van der Waals surface area contributed by atoms with Crippen LogP contribution in [0.15, 0.2) is 18.2 Å². The highest BCUT2D eigenvalue weighted by Gasteiger charge is 2.27. The highest BCUT2D eigenvalue weighted by atomic mass is 16.6. The lowest BCUT2D eigenvalue weighted by molar-refractivity contribution is -0.393. The van der Waals surface area contributed by atoms with Gasteiger partial charge >= 0.3 is 0 Å². The minimum Gasteiger partial charge on any atom is -0.394 e. The van der Waals surface area contributed by atoms with Gasteiger partial charge in [0.05, 0.1) is 34.7 Å². The van der Waals surface area contributed by atoms with Crippen LogP contribution in [0.2, 0.25) is 0 Å². The number of hydrogen-bond acceptors (Lipinski definition) is 7.